The molecular formula is C38H83FLiMgNNaO2Si-. The Kier molecular flexibility index (Phi) is 82.2. The second-order valence-electron chi connectivity index (χ2n) is 14.0. The summed E-state index contributed by atoms with van der Waals surface area (Å²) in [6.45, 7) is 7.39. The van der Waals surface area contributed by atoms with Gasteiger partial charge >= 0.3 is 0 Å². The zero-order chi connectivity index (χ0) is 28.5. The van der Waals surface area contributed by atoms with Crippen LogP contribution in [0.5, 0.6) is 0 Å². The molecule has 0 aliphatic rings. The average molecular weight is 687 g/mol. The van der Waals surface area contributed by atoms with Crippen LogP contribution in [-0.4, -0.2) is 125 Å². The molecule has 0 rings (SSSR count). The van der Waals surface area contributed by atoms with E-state index in [4.69, 9.17) is 0 Å². The monoisotopic (exact) mass is 687 g/mol. The number of hydrogen-bond acceptors (Lipinski definition) is 1. The molecule has 0 aromatic heterocycles. The zero-order valence-electron chi connectivity index (χ0n) is 33.0. The van der Waals surface area contributed by atoms with Crippen LogP contribution in [0.15, 0.2) is 0 Å². The first-order valence-corrected chi connectivity index (χ1v) is 18.9. The minimum absolute atomic E-state index is 0. The molecule has 3 N–H and O–H groups in total. The van der Waals surface area contributed by atoms with Crippen LogP contribution in [0.3, 0.4) is 0 Å². The van der Waals surface area contributed by atoms with Gasteiger partial charge in [-0.15, -0.1) is 0 Å². The summed E-state index contributed by atoms with van der Waals surface area (Å²) >= 11 is 0. The summed E-state index contributed by atoms with van der Waals surface area (Å²) < 4.78 is 1.25. The van der Waals surface area contributed by atoms with Gasteiger partial charge in [-0.25, -0.2) is 0 Å². The summed E-state index contributed by atoms with van der Waals surface area (Å²) in [6.07, 6.45) is 46.9. The van der Waals surface area contributed by atoms with E-state index in [0.717, 1.165) is 0 Å². The predicted molar refractivity (Wildman–Crippen MR) is 209 cm³/mol. The summed E-state index contributed by atoms with van der Waals surface area (Å²) in [5, 5.41) is 0. The first-order chi connectivity index (χ1) is 19.1. The molecular weight excluding hydrogens is 604 g/mol. The molecule has 0 bridgehead atoms. The topological polar surface area (TPSA) is 61.5 Å². The van der Waals surface area contributed by atoms with Crippen LogP contribution >= 0.6 is 0 Å². The first-order valence-electron chi connectivity index (χ1n) is 18.9. The maximum absolute atomic E-state index is 2.47. The molecule has 0 fully saturated rings. The molecule has 0 aliphatic carbocycles. The summed E-state index contributed by atoms with van der Waals surface area (Å²) in [6, 6.07) is 0. The number of rotatable bonds is 34. The quantitative estimate of drug-likeness (QED) is 0.0384. The molecule has 0 spiro atoms. The van der Waals surface area contributed by atoms with Crippen LogP contribution < -0.4 is 4.70 Å². The minimum Gasteiger partial charge on any atom is -1.00 e. The van der Waals surface area contributed by atoms with Gasteiger partial charge in [-0.05, 0) is 25.7 Å². The summed E-state index contributed by atoms with van der Waals surface area (Å²) in [5.41, 5.74) is 0. The van der Waals surface area contributed by atoms with E-state index in [2.05, 4.69) is 27.9 Å². The van der Waals surface area contributed by atoms with Gasteiger partial charge in [0.1, 0.15) is 0 Å². The van der Waals surface area contributed by atoms with Gasteiger partial charge in [-0.1, -0.05) is 194 Å². The Morgan fingerprint density at radius 2 is 0.478 bits per heavy atom. The number of quaternary nitrogens is 1. The van der Waals surface area contributed by atoms with Crippen molar-refractivity contribution in [2.45, 2.75) is 219 Å². The largest absolute Gasteiger partial charge is 1.00 e. The summed E-state index contributed by atoms with van der Waals surface area (Å²) in [4.78, 5) is 0. The van der Waals surface area contributed by atoms with Crippen molar-refractivity contribution in [3.05, 3.63) is 0 Å². The average Bonchev–Trinajstić information content (AvgIpc) is 2.92. The number of halogens is 1. The Morgan fingerprint density at radius 3 is 0.630 bits per heavy atom. The van der Waals surface area contributed by atoms with Crippen molar-refractivity contribution < 1.29 is 20.1 Å². The zero-order valence-corrected chi connectivity index (χ0v) is 37.4. The van der Waals surface area contributed by atoms with Crippen molar-refractivity contribution >= 4 is 82.4 Å². The van der Waals surface area contributed by atoms with Gasteiger partial charge in [0, 0.05) is 82.4 Å². The maximum atomic E-state index is 2.47. The molecule has 8 heteroatoms. The van der Waals surface area contributed by atoms with Crippen molar-refractivity contribution in [2.24, 2.45) is 0 Å². The van der Waals surface area contributed by atoms with Gasteiger partial charge in [0.25, 0.3) is 0 Å². The van der Waals surface area contributed by atoms with Crippen LogP contribution in [0.25, 0.3) is 0 Å². The van der Waals surface area contributed by atoms with Crippen LogP contribution in [0, 0.1) is 0 Å². The third-order valence-electron chi connectivity index (χ3n) is 9.23. The first kappa shape index (κ1) is 66.6. The molecule has 0 aliphatic heterocycles. The molecule has 268 valence electrons. The van der Waals surface area contributed by atoms with Crippen molar-refractivity contribution in [3.63, 3.8) is 0 Å². The number of unbranched alkanes of at least 4 members (excludes halogenated alkanes) is 30. The van der Waals surface area contributed by atoms with Gasteiger partial charge < -0.3 is 20.1 Å². The summed E-state index contributed by atoms with van der Waals surface area (Å²) in [7, 11) is 4.94. The van der Waals surface area contributed by atoms with E-state index in [1.165, 1.54) is 223 Å². The molecule has 0 saturated carbocycles. The second kappa shape index (κ2) is 56.8. The van der Waals surface area contributed by atoms with E-state index in [0.29, 0.717) is 0 Å². The maximum Gasteiger partial charge on any atom is 0.0782 e. The minimum atomic E-state index is 0. The van der Waals surface area contributed by atoms with E-state index in [9.17, 15) is 0 Å². The predicted octanol–water partition coefficient (Wildman–Crippen LogP) is 8.07. The van der Waals surface area contributed by atoms with Gasteiger partial charge in [0.2, 0.25) is 0 Å². The third kappa shape index (κ3) is 58.6. The summed E-state index contributed by atoms with van der Waals surface area (Å²) in [5.74, 6) is 0. The van der Waals surface area contributed by atoms with Gasteiger partial charge in [-0.3, -0.25) is 0 Å². The van der Waals surface area contributed by atoms with Gasteiger partial charge in [0.15, 0.2) is 0 Å². The van der Waals surface area contributed by atoms with Gasteiger partial charge in [-0.2, -0.15) is 0 Å². The normalized spacial score (nSPS) is 10.2. The van der Waals surface area contributed by atoms with Crippen molar-refractivity contribution in [3.8, 4) is 0 Å². The van der Waals surface area contributed by atoms with Crippen LogP contribution in [0.4, 0.5) is 0 Å². The van der Waals surface area contributed by atoms with E-state index in [1.807, 2.05) is 0 Å². The molecule has 0 unspecified atom stereocenters. The fourth-order valence-electron chi connectivity index (χ4n) is 6.29. The van der Waals surface area contributed by atoms with Crippen molar-refractivity contribution in [1.29, 1.82) is 0 Å². The Labute approximate surface area is 346 Å². The van der Waals surface area contributed by atoms with E-state index in [1.54, 1.807) is 0 Å². The number of hydrogen-bond donors (Lipinski definition) is 0. The molecule has 8 radical (unpaired) electrons. The molecule has 3 nitrogen and oxygen atoms in total. The Balaban J connectivity index is -0.000000344. The smallest absolute Gasteiger partial charge is 0.0782 e. The molecule has 0 atom stereocenters. The van der Waals surface area contributed by atoms with Crippen molar-refractivity contribution in [2.75, 3.05) is 27.2 Å². The van der Waals surface area contributed by atoms with Crippen molar-refractivity contribution in [1.82, 2.24) is 0 Å². The van der Waals surface area contributed by atoms with E-state index < -0.39 is 0 Å². The Morgan fingerprint density at radius 1 is 0.348 bits per heavy atom. The van der Waals surface area contributed by atoms with Crippen LogP contribution in [-0.2, 0) is 0 Å². The van der Waals surface area contributed by atoms with E-state index in [-0.39, 0.29) is 98.1 Å². The van der Waals surface area contributed by atoms with E-state index >= 15 is 0 Å². The molecule has 0 amide bonds. The Hall–Kier alpha value is 2.39. The third-order valence-corrected chi connectivity index (χ3v) is 9.23. The standard InChI is InChI=1S/C38H80N.FH.Li.Mg.Na.2H2O.Si/c1-5-7-9-11-13-15-17-19-21-23-25-27-29-31-33-35-37-39(3,4)38-36-34-32-30-28-26-24-22-20-18-16-14-12-10-8-6-2;;;;;;;/h5-38H2,1-4H3;1H;;;;2*1H2;/q+1;;;;;;;/p-2. The SMILES string of the molecule is CCCCCCCCCCCCCCCCCC[N+](C)(C)CCCCCCCCCCCCCCCCCC.O.[F-].[Li].[Mg].[Na].[OH-].[Si]. The fourth-order valence-corrected chi connectivity index (χ4v) is 6.29. The van der Waals surface area contributed by atoms with Gasteiger partial charge in [0.05, 0.1) is 27.2 Å². The van der Waals surface area contributed by atoms with Crippen LogP contribution in [0.2, 0.25) is 0 Å². The van der Waals surface area contributed by atoms with Crippen LogP contribution in [0.1, 0.15) is 219 Å². The molecule has 0 heterocycles. The molecule has 0 saturated heterocycles. The fraction of sp³-hybridized carbons (Fsp3) is 1.00. The number of nitrogens with zero attached hydrogens (tertiary/aromatic N) is 1. The molecule has 0 aromatic rings. The Bertz CT molecular complexity index is 436. The molecule has 46 heavy (non-hydrogen) atoms. The second-order valence-corrected chi connectivity index (χ2v) is 14.0. The molecule has 0 aromatic carbocycles.